The van der Waals surface area contributed by atoms with E-state index in [4.69, 9.17) is 19.6 Å². The van der Waals surface area contributed by atoms with Crippen LogP contribution in [0.1, 0.15) is 43.1 Å². The lowest BCUT2D eigenvalue weighted by atomic mass is 9.93. The number of aromatic nitrogens is 2. The number of aliphatic hydroxyl groups is 1. The summed E-state index contributed by atoms with van der Waals surface area (Å²) in [5.41, 5.74) is 2.50. The van der Waals surface area contributed by atoms with Crippen LogP contribution in [0.3, 0.4) is 0 Å². The number of hydrogen-bond donors (Lipinski definition) is 3. The maximum Gasteiger partial charge on any atom is 0.274 e. The first-order valence-electron chi connectivity index (χ1n) is 13.0. The van der Waals surface area contributed by atoms with Crippen molar-refractivity contribution in [3.05, 3.63) is 30.1 Å². The van der Waals surface area contributed by atoms with Crippen molar-refractivity contribution in [2.24, 2.45) is 5.41 Å². The summed E-state index contributed by atoms with van der Waals surface area (Å²) in [5.74, 6) is 0.992. The lowest BCUT2D eigenvalue weighted by Gasteiger charge is -2.35. The van der Waals surface area contributed by atoms with E-state index >= 15 is 0 Å². The van der Waals surface area contributed by atoms with E-state index < -0.39 is 0 Å². The highest BCUT2D eigenvalue weighted by atomic mass is 32.2. The molecule has 4 heterocycles. The number of nitrogens with one attached hydrogen (secondary N) is 2. The number of aliphatic hydroxyl groups excluding tert-OH is 1. The van der Waals surface area contributed by atoms with Crippen LogP contribution in [-0.4, -0.2) is 80.1 Å². The van der Waals surface area contributed by atoms with E-state index in [1.54, 1.807) is 25.4 Å². The predicted molar refractivity (Wildman–Crippen MR) is 145 cm³/mol. The van der Waals surface area contributed by atoms with E-state index in [9.17, 15) is 4.79 Å². The first-order valence-corrected chi connectivity index (χ1v) is 13.8. The van der Waals surface area contributed by atoms with Gasteiger partial charge in [-0.25, -0.2) is 9.97 Å². The third-order valence-electron chi connectivity index (χ3n) is 7.45. The molecule has 0 unspecified atom stereocenters. The number of carbonyl (C=O) groups is 1. The molecule has 0 bridgehead atoms. The molecule has 0 radical (unpaired) electrons. The van der Waals surface area contributed by atoms with Gasteiger partial charge in [0, 0.05) is 32.7 Å². The number of hydrogen-bond acceptors (Lipinski definition) is 10. The summed E-state index contributed by atoms with van der Waals surface area (Å²) in [7, 11) is 1.61. The molecule has 11 heteroatoms. The quantitative estimate of drug-likeness (QED) is 0.332. The van der Waals surface area contributed by atoms with Gasteiger partial charge in [0.25, 0.3) is 5.91 Å². The maximum atomic E-state index is 13.4. The topological polar surface area (TPSA) is 112 Å². The molecule has 1 spiro atoms. The van der Waals surface area contributed by atoms with Crippen LogP contribution in [0.15, 0.2) is 29.4 Å². The fraction of sp³-hybridized carbons (Fsp3) is 0.577. The molecule has 3 aliphatic rings. The lowest BCUT2D eigenvalue weighted by Crippen LogP contribution is -2.41. The van der Waals surface area contributed by atoms with E-state index in [0.717, 1.165) is 23.8 Å². The summed E-state index contributed by atoms with van der Waals surface area (Å²) >= 11 is 1.38. The Kier molecular flexibility index (Phi) is 8.04. The van der Waals surface area contributed by atoms with Gasteiger partial charge in [-0.05, 0) is 68.2 Å². The fourth-order valence-electron chi connectivity index (χ4n) is 5.05. The van der Waals surface area contributed by atoms with Gasteiger partial charge in [-0.3, -0.25) is 9.52 Å². The molecule has 1 saturated carbocycles. The Hall–Kier alpha value is -2.60. The van der Waals surface area contributed by atoms with E-state index in [2.05, 4.69) is 24.8 Å². The Morgan fingerprint density at radius 1 is 1.24 bits per heavy atom. The third kappa shape index (κ3) is 6.11. The van der Waals surface area contributed by atoms with Crippen LogP contribution in [0.2, 0.25) is 0 Å². The van der Waals surface area contributed by atoms with Crippen molar-refractivity contribution in [1.82, 2.24) is 14.7 Å². The summed E-state index contributed by atoms with van der Waals surface area (Å²) in [6, 6.07) is 5.50. The Bertz CT molecular complexity index is 1100. The minimum atomic E-state index is -0.289. The number of carbonyl (C=O) groups excluding carboxylic acids is 1. The van der Waals surface area contributed by atoms with Gasteiger partial charge in [-0.2, -0.15) is 0 Å². The molecule has 2 aliphatic heterocycles. The van der Waals surface area contributed by atoms with Crippen LogP contribution >= 0.6 is 11.9 Å². The Morgan fingerprint density at radius 3 is 2.76 bits per heavy atom. The number of amides is 1. The van der Waals surface area contributed by atoms with Crippen LogP contribution in [-0.2, 0) is 4.74 Å². The molecule has 200 valence electrons. The SMILES string of the molecule is COc1ccc(C(=O)Nc2cnc(SNCCO)cc2N2CCC3(CC2)CC3)nc1N1CCO[C@H](C)C1. The number of anilines is 3. The fourth-order valence-corrected chi connectivity index (χ4v) is 5.67. The minimum absolute atomic E-state index is 0.0580. The van der Waals surface area contributed by atoms with Crippen LogP contribution in [0.25, 0.3) is 0 Å². The van der Waals surface area contributed by atoms with Gasteiger partial charge in [0.05, 0.1) is 44.0 Å². The number of pyridine rings is 2. The van der Waals surface area contributed by atoms with E-state index in [1.165, 1.54) is 37.6 Å². The van der Waals surface area contributed by atoms with Crippen molar-refractivity contribution < 1.29 is 19.4 Å². The number of nitrogens with zero attached hydrogens (tertiary/aromatic N) is 4. The van der Waals surface area contributed by atoms with Gasteiger partial charge >= 0.3 is 0 Å². The van der Waals surface area contributed by atoms with Crippen LogP contribution in [0.4, 0.5) is 17.2 Å². The normalized spacial score (nSPS) is 20.7. The maximum absolute atomic E-state index is 13.4. The second-order valence-corrected chi connectivity index (χ2v) is 11.0. The summed E-state index contributed by atoms with van der Waals surface area (Å²) in [4.78, 5) is 27.1. The molecular formula is C26H36N6O4S. The van der Waals surface area contributed by atoms with E-state index in [1.807, 2.05) is 13.0 Å². The smallest absolute Gasteiger partial charge is 0.274 e. The molecule has 1 atom stereocenters. The summed E-state index contributed by atoms with van der Waals surface area (Å²) < 4.78 is 14.3. The largest absolute Gasteiger partial charge is 0.493 e. The minimum Gasteiger partial charge on any atom is -0.493 e. The molecule has 10 nitrogen and oxygen atoms in total. The average molecular weight is 529 g/mol. The predicted octanol–water partition coefficient (Wildman–Crippen LogP) is 2.93. The highest BCUT2D eigenvalue weighted by molar-refractivity contribution is 7.97. The molecule has 1 aliphatic carbocycles. The number of ether oxygens (including phenoxy) is 2. The van der Waals surface area contributed by atoms with E-state index in [0.29, 0.717) is 54.6 Å². The number of piperidine rings is 1. The summed E-state index contributed by atoms with van der Waals surface area (Å²) in [6.45, 7) is 6.45. The van der Waals surface area contributed by atoms with Crippen molar-refractivity contribution in [2.45, 2.75) is 43.7 Å². The standard InChI is InChI=1S/C26H36N6O4S/c1-18-17-32(12-14-36-18)24-22(35-2)4-3-19(29-24)25(34)30-20-16-27-23(37-28-9-13-33)15-21(20)31-10-7-26(5-6-26)8-11-31/h3-4,15-16,18,28,33H,5-14,17H2,1-2H3,(H,30,34)/t18-/m1/s1. The van der Waals surface area contributed by atoms with Crippen molar-refractivity contribution in [1.29, 1.82) is 0 Å². The zero-order valence-corrected chi connectivity index (χ0v) is 22.4. The molecule has 37 heavy (non-hydrogen) atoms. The summed E-state index contributed by atoms with van der Waals surface area (Å²) in [5, 5.41) is 12.9. The van der Waals surface area contributed by atoms with E-state index in [-0.39, 0.29) is 18.6 Å². The second kappa shape index (κ2) is 11.4. The number of methoxy groups -OCH3 is 1. The zero-order valence-electron chi connectivity index (χ0n) is 21.5. The Balaban J connectivity index is 1.37. The third-order valence-corrected chi connectivity index (χ3v) is 8.23. The molecule has 2 aromatic rings. The second-order valence-electron chi connectivity index (χ2n) is 10.1. The average Bonchev–Trinajstić information content (AvgIpc) is 3.68. The van der Waals surface area contributed by atoms with Gasteiger partial charge in [0.15, 0.2) is 11.6 Å². The molecule has 1 amide bonds. The Morgan fingerprint density at radius 2 is 2.05 bits per heavy atom. The van der Waals surface area contributed by atoms with Gasteiger partial charge in [-0.1, -0.05) is 0 Å². The van der Waals surface area contributed by atoms with Crippen molar-refractivity contribution in [2.75, 3.05) is 68.2 Å². The zero-order chi connectivity index (χ0) is 25.8. The first-order chi connectivity index (χ1) is 18.0. The first kappa shape index (κ1) is 26.0. The van der Waals surface area contributed by atoms with Gasteiger partial charge < -0.3 is 29.7 Å². The Labute approximate surface area is 222 Å². The molecule has 2 aromatic heterocycles. The molecular weight excluding hydrogens is 492 g/mol. The number of rotatable bonds is 9. The summed E-state index contributed by atoms with van der Waals surface area (Å²) in [6.07, 6.45) is 6.81. The van der Waals surface area contributed by atoms with Crippen LogP contribution < -0.4 is 24.6 Å². The van der Waals surface area contributed by atoms with Crippen molar-refractivity contribution in [3.63, 3.8) is 0 Å². The molecule has 0 aromatic carbocycles. The highest BCUT2D eigenvalue weighted by Gasteiger charge is 2.44. The monoisotopic (exact) mass is 528 g/mol. The number of morpholine rings is 1. The van der Waals surface area contributed by atoms with Crippen molar-refractivity contribution in [3.8, 4) is 5.75 Å². The highest BCUT2D eigenvalue weighted by Crippen LogP contribution is 2.54. The lowest BCUT2D eigenvalue weighted by molar-refractivity contribution is 0.0527. The van der Waals surface area contributed by atoms with Gasteiger partial charge in [0.2, 0.25) is 0 Å². The van der Waals surface area contributed by atoms with Gasteiger partial charge in [0.1, 0.15) is 10.7 Å². The molecule has 5 rings (SSSR count). The van der Waals surface area contributed by atoms with Crippen LogP contribution in [0.5, 0.6) is 5.75 Å². The molecule has 3 fully saturated rings. The van der Waals surface area contributed by atoms with Gasteiger partial charge in [-0.15, -0.1) is 0 Å². The van der Waals surface area contributed by atoms with Crippen LogP contribution in [0, 0.1) is 5.41 Å². The van der Waals surface area contributed by atoms with Crippen molar-refractivity contribution >= 4 is 35.0 Å². The molecule has 3 N–H and O–H groups in total. The molecule has 2 saturated heterocycles.